The lowest BCUT2D eigenvalue weighted by Crippen LogP contribution is -2.52. The number of fused-ring (bicyclic) bond motifs is 1. The zero-order valence-electron chi connectivity index (χ0n) is 21.6. The summed E-state index contributed by atoms with van der Waals surface area (Å²) in [6.07, 6.45) is 4.00. The first-order valence-corrected chi connectivity index (χ1v) is 14.3. The van der Waals surface area contributed by atoms with Crippen LogP contribution in [0.5, 0.6) is 11.5 Å². The molecule has 1 unspecified atom stereocenters. The Hall–Kier alpha value is -3.27. The second-order valence-corrected chi connectivity index (χ2v) is 11.8. The van der Waals surface area contributed by atoms with E-state index >= 15 is 0 Å². The molecule has 1 N–H and O–H groups in total. The molecular weight excluding hydrogens is 494 g/mol. The van der Waals surface area contributed by atoms with Gasteiger partial charge in [0.1, 0.15) is 12.6 Å². The summed E-state index contributed by atoms with van der Waals surface area (Å²) < 4.78 is 38.0. The van der Waals surface area contributed by atoms with Crippen LogP contribution < -0.4 is 19.1 Å². The molecule has 0 spiro atoms. The van der Waals surface area contributed by atoms with Crippen LogP contribution in [0.1, 0.15) is 50.7 Å². The maximum Gasteiger partial charge on any atom is 0.244 e. The predicted octanol–water partition coefficient (Wildman–Crippen LogP) is 3.36. The number of nitrogens with one attached hydrogen (secondary N) is 1. The van der Waals surface area contributed by atoms with E-state index in [-0.39, 0.29) is 31.0 Å². The Morgan fingerprint density at radius 3 is 2.41 bits per heavy atom. The van der Waals surface area contributed by atoms with Crippen molar-refractivity contribution in [2.75, 3.05) is 23.4 Å². The number of hydrogen-bond donors (Lipinski definition) is 1. The Morgan fingerprint density at radius 2 is 1.73 bits per heavy atom. The number of carbonyl (C=O) groups excluding carboxylic acids is 2. The summed E-state index contributed by atoms with van der Waals surface area (Å²) in [5.74, 6) is 0.0404. The number of rotatable bonds is 10. The monoisotopic (exact) mass is 529 g/mol. The first-order chi connectivity index (χ1) is 17.7. The number of amides is 2. The predicted molar refractivity (Wildman–Crippen MR) is 141 cm³/mol. The standard InChI is InChI=1S/C27H35N3O6S/c1-4-37(33,34)30(23-13-14-24-25(15-23)36-18-35-24)17-26(31)29(16-21-11-9-19(2)10-12-21)20(3)27(32)28-22-7-5-6-8-22/h9-15,20,22H,4-8,16-18H2,1-3H3,(H,28,32). The highest BCUT2D eigenvalue weighted by Gasteiger charge is 2.32. The van der Waals surface area contributed by atoms with Gasteiger partial charge in [-0.1, -0.05) is 42.7 Å². The molecule has 0 saturated heterocycles. The molecule has 1 fully saturated rings. The summed E-state index contributed by atoms with van der Waals surface area (Å²) in [7, 11) is -3.81. The number of carbonyl (C=O) groups is 2. The normalized spacial score (nSPS) is 15.9. The minimum Gasteiger partial charge on any atom is -0.454 e. The Morgan fingerprint density at radius 1 is 1.05 bits per heavy atom. The summed E-state index contributed by atoms with van der Waals surface area (Å²) in [6, 6.07) is 11.8. The quantitative estimate of drug-likeness (QED) is 0.506. The van der Waals surface area contributed by atoms with Crippen LogP contribution in [0.3, 0.4) is 0 Å². The highest BCUT2D eigenvalue weighted by atomic mass is 32.2. The molecule has 4 rings (SSSR count). The molecule has 200 valence electrons. The highest BCUT2D eigenvalue weighted by Crippen LogP contribution is 2.36. The third-order valence-corrected chi connectivity index (χ3v) is 8.71. The van der Waals surface area contributed by atoms with Crippen LogP contribution in [0, 0.1) is 6.92 Å². The smallest absolute Gasteiger partial charge is 0.244 e. The van der Waals surface area contributed by atoms with Crippen molar-refractivity contribution in [2.24, 2.45) is 0 Å². The molecule has 9 nitrogen and oxygen atoms in total. The average molecular weight is 530 g/mol. The molecule has 1 aliphatic heterocycles. The van der Waals surface area contributed by atoms with E-state index in [0.29, 0.717) is 17.2 Å². The molecule has 1 atom stereocenters. The van der Waals surface area contributed by atoms with Crippen LogP contribution in [0.4, 0.5) is 5.69 Å². The van der Waals surface area contributed by atoms with Crippen molar-refractivity contribution in [1.82, 2.24) is 10.2 Å². The fourth-order valence-corrected chi connectivity index (χ4v) is 5.68. The molecular formula is C27H35N3O6S. The molecule has 1 aliphatic carbocycles. The van der Waals surface area contributed by atoms with Crippen LogP contribution in [-0.4, -0.2) is 56.3 Å². The zero-order valence-corrected chi connectivity index (χ0v) is 22.4. The van der Waals surface area contributed by atoms with E-state index in [1.165, 1.54) is 11.8 Å². The van der Waals surface area contributed by atoms with Gasteiger partial charge in [-0.05, 0) is 51.3 Å². The maximum atomic E-state index is 13.8. The van der Waals surface area contributed by atoms with Gasteiger partial charge in [0.25, 0.3) is 0 Å². The lowest BCUT2D eigenvalue weighted by atomic mass is 10.1. The van der Waals surface area contributed by atoms with Gasteiger partial charge in [0.15, 0.2) is 11.5 Å². The topological polar surface area (TPSA) is 105 Å². The van der Waals surface area contributed by atoms with Crippen LogP contribution in [-0.2, 0) is 26.2 Å². The molecule has 2 aliphatic rings. The lowest BCUT2D eigenvalue weighted by molar-refractivity contribution is -0.139. The fraction of sp³-hybridized carbons (Fsp3) is 0.481. The molecule has 1 heterocycles. The first kappa shape index (κ1) is 26.8. The Labute approximate surface area is 218 Å². The van der Waals surface area contributed by atoms with Crippen molar-refractivity contribution in [3.05, 3.63) is 53.6 Å². The van der Waals surface area contributed by atoms with Crippen molar-refractivity contribution in [2.45, 2.75) is 65.1 Å². The van der Waals surface area contributed by atoms with Gasteiger partial charge >= 0.3 is 0 Å². The lowest BCUT2D eigenvalue weighted by Gasteiger charge is -2.32. The molecule has 1 saturated carbocycles. The van der Waals surface area contributed by atoms with Crippen LogP contribution in [0.25, 0.3) is 0 Å². The third-order valence-electron chi connectivity index (χ3n) is 6.97. The maximum absolute atomic E-state index is 13.8. The van der Waals surface area contributed by atoms with Crippen molar-refractivity contribution in [3.63, 3.8) is 0 Å². The van der Waals surface area contributed by atoms with Crippen molar-refractivity contribution < 1.29 is 27.5 Å². The second-order valence-electron chi connectivity index (χ2n) is 9.62. The number of aryl methyl sites for hydroxylation is 1. The van der Waals surface area contributed by atoms with E-state index in [1.54, 1.807) is 25.1 Å². The summed E-state index contributed by atoms with van der Waals surface area (Å²) in [6.45, 7) is 4.98. The van der Waals surface area contributed by atoms with E-state index in [0.717, 1.165) is 41.1 Å². The van der Waals surface area contributed by atoms with E-state index in [9.17, 15) is 18.0 Å². The number of nitrogens with zero attached hydrogens (tertiary/aromatic N) is 2. The van der Waals surface area contributed by atoms with Gasteiger partial charge in [-0.2, -0.15) is 0 Å². The SMILES string of the molecule is CCS(=O)(=O)N(CC(=O)N(Cc1ccc(C)cc1)C(C)C(=O)NC1CCCC1)c1ccc2c(c1)OCO2. The Bertz CT molecular complexity index is 1230. The molecule has 2 amide bonds. The Balaban J connectivity index is 1.61. The van der Waals surface area contributed by atoms with E-state index in [1.807, 2.05) is 31.2 Å². The third kappa shape index (κ3) is 6.36. The van der Waals surface area contributed by atoms with Gasteiger partial charge < -0.3 is 19.7 Å². The summed E-state index contributed by atoms with van der Waals surface area (Å²) in [5.41, 5.74) is 2.24. The summed E-state index contributed by atoms with van der Waals surface area (Å²) >= 11 is 0. The molecule has 2 aromatic carbocycles. The van der Waals surface area contributed by atoms with Crippen LogP contribution in [0.2, 0.25) is 0 Å². The Kier molecular flexibility index (Phi) is 8.26. The van der Waals surface area contributed by atoms with Gasteiger partial charge in [-0.15, -0.1) is 0 Å². The average Bonchev–Trinajstić information content (AvgIpc) is 3.57. The molecule has 37 heavy (non-hydrogen) atoms. The molecule has 10 heteroatoms. The van der Waals surface area contributed by atoms with Crippen LogP contribution in [0.15, 0.2) is 42.5 Å². The van der Waals surface area contributed by atoms with E-state index in [4.69, 9.17) is 9.47 Å². The summed E-state index contributed by atoms with van der Waals surface area (Å²) in [5, 5.41) is 3.07. The van der Waals surface area contributed by atoms with Gasteiger partial charge in [-0.3, -0.25) is 13.9 Å². The number of hydrogen-bond acceptors (Lipinski definition) is 6. The largest absolute Gasteiger partial charge is 0.454 e. The van der Waals surface area contributed by atoms with Crippen LogP contribution >= 0.6 is 0 Å². The summed E-state index contributed by atoms with van der Waals surface area (Å²) in [4.78, 5) is 28.4. The molecule has 0 aromatic heterocycles. The minimum atomic E-state index is -3.81. The highest BCUT2D eigenvalue weighted by molar-refractivity contribution is 7.92. The fourth-order valence-electron chi connectivity index (χ4n) is 4.62. The molecule has 2 aromatic rings. The van der Waals surface area contributed by atoms with Gasteiger partial charge in [-0.25, -0.2) is 8.42 Å². The molecule has 0 radical (unpaired) electrons. The number of benzene rings is 2. The van der Waals surface area contributed by atoms with Crippen molar-refractivity contribution in [3.8, 4) is 11.5 Å². The van der Waals surface area contributed by atoms with E-state index < -0.39 is 28.5 Å². The minimum absolute atomic E-state index is 0.0518. The number of anilines is 1. The second kappa shape index (κ2) is 11.4. The zero-order chi connectivity index (χ0) is 26.6. The van der Waals surface area contributed by atoms with Gasteiger partial charge in [0.2, 0.25) is 28.6 Å². The number of ether oxygens (including phenoxy) is 2. The first-order valence-electron chi connectivity index (χ1n) is 12.7. The number of sulfonamides is 1. The molecule has 0 bridgehead atoms. The van der Waals surface area contributed by atoms with Gasteiger partial charge in [0, 0.05) is 18.7 Å². The van der Waals surface area contributed by atoms with Gasteiger partial charge in [0.05, 0.1) is 11.4 Å². The van der Waals surface area contributed by atoms with E-state index in [2.05, 4.69) is 5.32 Å². The van der Waals surface area contributed by atoms with Crippen molar-refractivity contribution in [1.29, 1.82) is 0 Å². The van der Waals surface area contributed by atoms with Crippen molar-refractivity contribution >= 4 is 27.5 Å².